The van der Waals surface area contributed by atoms with Crippen LogP contribution in [0.3, 0.4) is 0 Å². The fraction of sp³-hybridized carbons (Fsp3) is 0.143. The van der Waals surface area contributed by atoms with Gasteiger partial charge in [0.05, 0.1) is 5.69 Å². The fourth-order valence-corrected chi connectivity index (χ4v) is 2.23. The van der Waals surface area contributed by atoms with E-state index in [0.717, 1.165) is 0 Å². The minimum atomic E-state index is -3.53. The zero-order valence-corrected chi connectivity index (χ0v) is 8.17. The Kier molecular flexibility index (Phi) is 2.54. The molecule has 1 aromatic rings. The van der Waals surface area contributed by atoms with Gasteiger partial charge in [0.15, 0.2) is 0 Å². The summed E-state index contributed by atoms with van der Waals surface area (Å²) in [5, 5.41) is 2.85. The SMILES string of the molecule is CC1=NS(=O)(=O)c2cnccc2N1.O. The van der Waals surface area contributed by atoms with Crippen molar-refractivity contribution in [1.82, 2.24) is 4.98 Å². The summed E-state index contributed by atoms with van der Waals surface area (Å²) in [5.74, 6) is 0.374. The van der Waals surface area contributed by atoms with Crippen LogP contribution in [0.4, 0.5) is 5.69 Å². The van der Waals surface area contributed by atoms with E-state index in [1.807, 2.05) is 0 Å². The minimum Gasteiger partial charge on any atom is -0.412 e. The molecule has 6 nitrogen and oxygen atoms in total. The highest BCUT2D eigenvalue weighted by Crippen LogP contribution is 2.25. The van der Waals surface area contributed by atoms with Crippen molar-refractivity contribution in [3.8, 4) is 0 Å². The van der Waals surface area contributed by atoms with Gasteiger partial charge in [-0.1, -0.05) is 0 Å². The number of pyridine rings is 1. The molecule has 1 aliphatic rings. The molecule has 0 unspecified atom stereocenters. The second-order valence-electron chi connectivity index (χ2n) is 2.65. The van der Waals surface area contributed by atoms with Crippen LogP contribution in [0.1, 0.15) is 6.92 Å². The summed E-state index contributed by atoms with van der Waals surface area (Å²) in [5.41, 5.74) is 0.530. The maximum Gasteiger partial charge on any atom is 0.287 e. The summed E-state index contributed by atoms with van der Waals surface area (Å²) < 4.78 is 26.3. The van der Waals surface area contributed by atoms with Gasteiger partial charge in [0.25, 0.3) is 10.0 Å². The van der Waals surface area contributed by atoms with Gasteiger partial charge in [0.2, 0.25) is 0 Å². The van der Waals surface area contributed by atoms with Crippen LogP contribution in [0.5, 0.6) is 0 Å². The van der Waals surface area contributed by atoms with Crippen molar-refractivity contribution < 1.29 is 13.9 Å². The molecule has 0 saturated carbocycles. The number of aromatic nitrogens is 1. The summed E-state index contributed by atoms with van der Waals surface area (Å²) in [6.07, 6.45) is 2.81. The molecule has 1 aliphatic heterocycles. The van der Waals surface area contributed by atoms with Crippen molar-refractivity contribution in [2.75, 3.05) is 5.32 Å². The van der Waals surface area contributed by atoms with Gasteiger partial charge in [-0.05, 0) is 13.0 Å². The zero-order valence-electron chi connectivity index (χ0n) is 7.35. The Labute approximate surface area is 81.1 Å². The summed E-state index contributed by atoms with van der Waals surface area (Å²) >= 11 is 0. The lowest BCUT2D eigenvalue weighted by Crippen LogP contribution is -2.18. The van der Waals surface area contributed by atoms with Gasteiger partial charge in [-0.2, -0.15) is 8.42 Å². The van der Waals surface area contributed by atoms with E-state index in [1.54, 1.807) is 13.0 Å². The Bertz CT molecular complexity index is 481. The van der Waals surface area contributed by atoms with E-state index in [4.69, 9.17) is 0 Å². The number of sulfonamides is 1. The molecule has 2 rings (SSSR count). The predicted octanol–water partition coefficient (Wildman–Crippen LogP) is -0.210. The molecule has 0 radical (unpaired) electrons. The molecule has 0 saturated heterocycles. The van der Waals surface area contributed by atoms with Gasteiger partial charge in [0.1, 0.15) is 10.7 Å². The number of fused-ring (bicyclic) bond motifs is 1. The molecule has 0 spiro atoms. The van der Waals surface area contributed by atoms with E-state index in [2.05, 4.69) is 14.7 Å². The monoisotopic (exact) mass is 215 g/mol. The lowest BCUT2D eigenvalue weighted by molar-refractivity contribution is 0.597. The van der Waals surface area contributed by atoms with Gasteiger partial charge < -0.3 is 10.8 Å². The topological polar surface area (TPSA) is 103 Å². The molecule has 76 valence electrons. The first-order chi connectivity index (χ1) is 6.09. The van der Waals surface area contributed by atoms with Crippen molar-refractivity contribution >= 4 is 21.5 Å². The molecule has 0 fully saturated rings. The van der Waals surface area contributed by atoms with Crippen molar-refractivity contribution in [1.29, 1.82) is 0 Å². The molecule has 3 N–H and O–H groups in total. The number of hydrogen-bond acceptors (Lipinski definition) is 4. The molecule has 0 atom stereocenters. The lowest BCUT2D eigenvalue weighted by Gasteiger charge is -2.14. The van der Waals surface area contributed by atoms with Crippen LogP contribution in [-0.2, 0) is 10.0 Å². The normalized spacial score (nSPS) is 17.1. The van der Waals surface area contributed by atoms with E-state index in [0.29, 0.717) is 11.5 Å². The van der Waals surface area contributed by atoms with E-state index in [-0.39, 0.29) is 10.4 Å². The molecule has 14 heavy (non-hydrogen) atoms. The van der Waals surface area contributed by atoms with Crippen molar-refractivity contribution in [3.05, 3.63) is 18.5 Å². The highest BCUT2D eigenvalue weighted by atomic mass is 32.2. The molecule has 0 aromatic carbocycles. The van der Waals surface area contributed by atoms with Crippen LogP contribution in [-0.4, -0.2) is 24.7 Å². The average Bonchev–Trinajstić information content (AvgIpc) is 2.02. The van der Waals surface area contributed by atoms with Crippen LogP contribution in [0.25, 0.3) is 0 Å². The lowest BCUT2D eigenvalue weighted by atomic mass is 10.4. The molecule has 0 amide bonds. The van der Waals surface area contributed by atoms with Crippen LogP contribution >= 0.6 is 0 Å². The number of hydrogen-bond donors (Lipinski definition) is 1. The molecule has 0 aliphatic carbocycles. The quantitative estimate of drug-likeness (QED) is 0.646. The van der Waals surface area contributed by atoms with Crippen LogP contribution < -0.4 is 5.32 Å². The number of anilines is 1. The van der Waals surface area contributed by atoms with Gasteiger partial charge >= 0.3 is 0 Å². The Balaban J connectivity index is 0.000000980. The van der Waals surface area contributed by atoms with Gasteiger partial charge in [0, 0.05) is 12.4 Å². The summed E-state index contributed by atoms with van der Waals surface area (Å²) in [6, 6.07) is 1.60. The first kappa shape index (κ1) is 10.6. The third-order valence-electron chi connectivity index (χ3n) is 1.64. The summed E-state index contributed by atoms with van der Waals surface area (Å²) in [6.45, 7) is 1.60. The molecular weight excluding hydrogens is 206 g/mol. The zero-order chi connectivity index (χ0) is 9.47. The smallest absolute Gasteiger partial charge is 0.287 e. The van der Waals surface area contributed by atoms with Gasteiger partial charge in [-0.25, -0.2) is 0 Å². The Morgan fingerprint density at radius 2 is 2.14 bits per heavy atom. The molecule has 2 heterocycles. The molecule has 7 heteroatoms. The second-order valence-corrected chi connectivity index (χ2v) is 4.22. The molecule has 0 bridgehead atoms. The van der Waals surface area contributed by atoms with E-state index >= 15 is 0 Å². The maximum absolute atomic E-state index is 11.4. The Hall–Kier alpha value is -1.47. The Morgan fingerprint density at radius 1 is 1.43 bits per heavy atom. The van der Waals surface area contributed by atoms with Crippen LogP contribution in [0, 0.1) is 0 Å². The predicted molar refractivity (Wildman–Crippen MR) is 51.8 cm³/mol. The third-order valence-corrected chi connectivity index (χ3v) is 3.03. The minimum absolute atomic E-state index is 0. The fourth-order valence-electron chi connectivity index (χ4n) is 1.14. The van der Waals surface area contributed by atoms with Gasteiger partial charge in [-0.15, -0.1) is 4.40 Å². The first-order valence-corrected chi connectivity index (χ1v) is 5.06. The number of amidine groups is 1. The highest BCUT2D eigenvalue weighted by molar-refractivity contribution is 7.90. The molecular formula is C7H9N3O3S. The van der Waals surface area contributed by atoms with Crippen molar-refractivity contribution in [2.45, 2.75) is 11.8 Å². The maximum atomic E-state index is 11.4. The second kappa shape index (κ2) is 3.35. The number of nitrogens with zero attached hydrogens (tertiary/aromatic N) is 2. The van der Waals surface area contributed by atoms with Crippen LogP contribution in [0.15, 0.2) is 27.8 Å². The Morgan fingerprint density at radius 3 is 2.86 bits per heavy atom. The van der Waals surface area contributed by atoms with E-state index in [1.165, 1.54) is 12.4 Å². The van der Waals surface area contributed by atoms with E-state index in [9.17, 15) is 8.42 Å². The van der Waals surface area contributed by atoms with E-state index < -0.39 is 10.0 Å². The summed E-state index contributed by atoms with van der Waals surface area (Å²) in [7, 11) is -3.53. The van der Waals surface area contributed by atoms with Crippen molar-refractivity contribution in [2.24, 2.45) is 4.40 Å². The summed E-state index contributed by atoms with van der Waals surface area (Å²) in [4.78, 5) is 3.86. The van der Waals surface area contributed by atoms with Gasteiger partial charge in [-0.3, -0.25) is 4.98 Å². The standard InChI is InChI=1S/C7H7N3O2S.H2O/c1-5-9-6-2-3-8-4-7(6)13(11,12)10-5;/h2-4H,1H3,(H,9,10);1H2. The number of nitrogens with one attached hydrogen (secondary N) is 1. The van der Waals surface area contributed by atoms with Crippen LogP contribution in [0.2, 0.25) is 0 Å². The highest BCUT2D eigenvalue weighted by Gasteiger charge is 2.22. The number of rotatable bonds is 0. The average molecular weight is 215 g/mol. The molecule has 1 aromatic heterocycles. The third kappa shape index (κ3) is 1.59. The first-order valence-electron chi connectivity index (χ1n) is 3.62. The van der Waals surface area contributed by atoms with Crippen molar-refractivity contribution in [3.63, 3.8) is 0 Å². The largest absolute Gasteiger partial charge is 0.412 e.